The number of morpholine rings is 1. The lowest BCUT2D eigenvalue weighted by molar-refractivity contribution is -0.128. The minimum Gasteiger partial charge on any atom is -0.379 e. The van der Waals surface area contributed by atoms with Gasteiger partial charge in [0.25, 0.3) is 6.43 Å². The van der Waals surface area contributed by atoms with Gasteiger partial charge in [-0.2, -0.15) is 0 Å². The van der Waals surface area contributed by atoms with Gasteiger partial charge in [0.1, 0.15) is 6.04 Å². The van der Waals surface area contributed by atoms with Crippen molar-refractivity contribution >= 4 is 22.4 Å². The number of thiazole rings is 1. The lowest BCUT2D eigenvalue weighted by Crippen LogP contribution is -2.53. The summed E-state index contributed by atoms with van der Waals surface area (Å²) in [7, 11) is 1.57. The van der Waals surface area contributed by atoms with Gasteiger partial charge >= 0.3 is 0 Å². The predicted octanol–water partition coefficient (Wildman–Crippen LogP) is 1.19. The monoisotopic (exact) mass is 321 g/mol. The number of hydrogen-bond donors (Lipinski definition) is 1. The average molecular weight is 321 g/mol. The Balaban J connectivity index is 1.96. The number of carbonyl (C=O) groups excluding carboxylic acids is 1. The SMILES string of the molecule is COCc1cnc(NC(=O)C2COCCN2CC(F)F)s1. The van der Waals surface area contributed by atoms with Crippen molar-refractivity contribution in [1.29, 1.82) is 0 Å². The number of nitrogens with one attached hydrogen (secondary N) is 1. The fourth-order valence-electron chi connectivity index (χ4n) is 2.04. The van der Waals surface area contributed by atoms with Crippen molar-refractivity contribution in [1.82, 2.24) is 9.88 Å². The molecular formula is C12H17F2N3O3S. The second kappa shape index (κ2) is 7.74. The first kappa shape index (κ1) is 16.2. The summed E-state index contributed by atoms with van der Waals surface area (Å²) < 4.78 is 35.2. The number of hydrogen-bond acceptors (Lipinski definition) is 6. The highest BCUT2D eigenvalue weighted by molar-refractivity contribution is 7.15. The Kier molecular flexibility index (Phi) is 5.97. The number of halogens is 2. The summed E-state index contributed by atoms with van der Waals surface area (Å²) in [5.41, 5.74) is 0. The maximum absolute atomic E-state index is 12.5. The molecular weight excluding hydrogens is 304 g/mol. The number of methoxy groups -OCH3 is 1. The molecule has 1 aromatic rings. The molecule has 118 valence electrons. The Bertz CT molecular complexity index is 472. The third-order valence-electron chi connectivity index (χ3n) is 2.98. The van der Waals surface area contributed by atoms with Crippen molar-refractivity contribution in [2.75, 3.05) is 38.7 Å². The van der Waals surface area contributed by atoms with E-state index in [9.17, 15) is 13.6 Å². The van der Waals surface area contributed by atoms with Crippen LogP contribution in [0, 0.1) is 0 Å². The molecule has 1 fully saturated rings. The van der Waals surface area contributed by atoms with E-state index < -0.39 is 19.0 Å². The van der Waals surface area contributed by atoms with Crippen LogP contribution in [0.2, 0.25) is 0 Å². The van der Waals surface area contributed by atoms with E-state index in [4.69, 9.17) is 9.47 Å². The third kappa shape index (κ3) is 4.67. The highest BCUT2D eigenvalue weighted by atomic mass is 32.1. The summed E-state index contributed by atoms with van der Waals surface area (Å²) in [6.07, 6.45) is -0.871. The Morgan fingerprint density at radius 3 is 3.24 bits per heavy atom. The zero-order valence-electron chi connectivity index (χ0n) is 11.6. The highest BCUT2D eigenvalue weighted by Crippen LogP contribution is 2.20. The summed E-state index contributed by atoms with van der Waals surface area (Å²) in [6.45, 7) is 0.752. The van der Waals surface area contributed by atoms with Gasteiger partial charge in [0.05, 0.1) is 31.2 Å². The second-order valence-electron chi connectivity index (χ2n) is 4.53. The number of rotatable bonds is 6. The normalized spacial score (nSPS) is 19.9. The van der Waals surface area contributed by atoms with Gasteiger partial charge in [0.2, 0.25) is 5.91 Å². The minimum atomic E-state index is -2.48. The van der Waals surface area contributed by atoms with Gasteiger partial charge in [0, 0.05) is 19.9 Å². The van der Waals surface area contributed by atoms with Crippen molar-refractivity contribution < 1.29 is 23.0 Å². The van der Waals surface area contributed by atoms with Crippen molar-refractivity contribution in [2.45, 2.75) is 19.1 Å². The first-order valence-electron chi connectivity index (χ1n) is 6.44. The zero-order chi connectivity index (χ0) is 15.2. The molecule has 1 aliphatic heterocycles. The van der Waals surface area contributed by atoms with Crippen molar-refractivity contribution in [3.63, 3.8) is 0 Å². The molecule has 0 aromatic carbocycles. The lowest BCUT2D eigenvalue weighted by atomic mass is 10.2. The molecule has 2 heterocycles. The van der Waals surface area contributed by atoms with Crippen LogP contribution in [-0.2, 0) is 20.9 Å². The first-order valence-corrected chi connectivity index (χ1v) is 7.26. The summed E-state index contributed by atoms with van der Waals surface area (Å²) in [6, 6.07) is -0.720. The molecule has 1 aromatic heterocycles. The molecule has 0 spiro atoms. The van der Waals surface area contributed by atoms with Gasteiger partial charge in [-0.15, -0.1) is 0 Å². The topological polar surface area (TPSA) is 63.7 Å². The number of amides is 1. The largest absolute Gasteiger partial charge is 0.379 e. The number of ether oxygens (including phenoxy) is 2. The van der Waals surface area contributed by atoms with E-state index in [1.807, 2.05) is 0 Å². The third-order valence-corrected chi connectivity index (χ3v) is 3.87. The summed E-state index contributed by atoms with van der Waals surface area (Å²) in [4.78, 5) is 18.5. The van der Waals surface area contributed by atoms with Crippen LogP contribution >= 0.6 is 11.3 Å². The number of carbonyl (C=O) groups is 1. The van der Waals surface area contributed by atoms with Crippen LogP contribution in [-0.4, -0.2) is 61.7 Å². The smallest absolute Gasteiger partial charge is 0.251 e. The van der Waals surface area contributed by atoms with Crippen LogP contribution in [0.1, 0.15) is 4.88 Å². The Morgan fingerprint density at radius 1 is 1.71 bits per heavy atom. The lowest BCUT2D eigenvalue weighted by Gasteiger charge is -2.33. The molecule has 0 bridgehead atoms. The predicted molar refractivity (Wildman–Crippen MR) is 73.6 cm³/mol. The molecule has 1 atom stereocenters. The van der Waals surface area contributed by atoms with E-state index in [-0.39, 0.29) is 12.5 Å². The van der Waals surface area contributed by atoms with Gasteiger partial charge in [-0.3, -0.25) is 9.69 Å². The van der Waals surface area contributed by atoms with Gasteiger partial charge in [-0.05, 0) is 0 Å². The average Bonchev–Trinajstić information content (AvgIpc) is 2.86. The number of nitrogens with zero attached hydrogens (tertiary/aromatic N) is 2. The van der Waals surface area contributed by atoms with Gasteiger partial charge in [-0.25, -0.2) is 13.8 Å². The van der Waals surface area contributed by atoms with E-state index in [1.165, 1.54) is 16.2 Å². The minimum absolute atomic E-state index is 0.106. The Labute approximate surface area is 125 Å². The van der Waals surface area contributed by atoms with E-state index >= 15 is 0 Å². The van der Waals surface area contributed by atoms with Crippen LogP contribution in [0.5, 0.6) is 0 Å². The molecule has 21 heavy (non-hydrogen) atoms. The zero-order valence-corrected chi connectivity index (χ0v) is 12.4. The van der Waals surface area contributed by atoms with E-state index in [1.54, 1.807) is 13.3 Å². The fourth-order valence-corrected chi connectivity index (χ4v) is 2.83. The molecule has 1 N–H and O–H groups in total. The molecule has 2 rings (SSSR count). The molecule has 1 unspecified atom stereocenters. The Morgan fingerprint density at radius 2 is 2.52 bits per heavy atom. The molecule has 0 radical (unpaired) electrons. The molecule has 9 heteroatoms. The molecule has 1 amide bonds. The highest BCUT2D eigenvalue weighted by Gasteiger charge is 2.31. The quantitative estimate of drug-likeness (QED) is 0.853. The Hall–Kier alpha value is -1.16. The van der Waals surface area contributed by atoms with Gasteiger partial charge < -0.3 is 14.8 Å². The molecule has 0 aliphatic carbocycles. The molecule has 1 aliphatic rings. The molecule has 1 saturated heterocycles. The van der Waals surface area contributed by atoms with Crippen LogP contribution in [0.3, 0.4) is 0 Å². The van der Waals surface area contributed by atoms with E-state index in [0.29, 0.717) is 24.9 Å². The standard InChI is InChI=1S/C12H17F2N3O3S/c1-19-6-8-4-15-12(21-8)16-11(18)9-7-20-3-2-17(9)5-10(13)14/h4,9-10H,2-3,5-7H2,1H3,(H,15,16,18). The maximum Gasteiger partial charge on any atom is 0.251 e. The summed E-state index contributed by atoms with van der Waals surface area (Å²) in [5.74, 6) is -0.381. The van der Waals surface area contributed by atoms with Crippen LogP contribution in [0.15, 0.2) is 6.20 Å². The molecule has 0 saturated carbocycles. The van der Waals surface area contributed by atoms with Crippen LogP contribution in [0.4, 0.5) is 13.9 Å². The fraction of sp³-hybridized carbons (Fsp3) is 0.667. The summed E-state index contributed by atoms with van der Waals surface area (Å²) >= 11 is 1.29. The van der Waals surface area contributed by atoms with E-state index in [0.717, 1.165) is 4.88 Å². The van der Waals surface area contributed by atoms with Gasteiger partial charge in [-0.1, -0.05) is 11.3 Å². The van der Waals surface area contributed by atoms with Crippen molar-refractivity contribution in [2.24, 2.45) is 0 Å². The van der Waals surface area contributed by atoms with Crippen molar-refractivity contribution in [3.8, 4) is 0 Å². The van der Waals surface area contributed by atoms with Crippen LogP contribution in [0.25, 0.3) is 0 Å². The van der Waals surface area contributed by atoms with Crippen LogP contribution < -0.4 is 5.32 Å². The summed E-state index contributed by atoms with van der Waals surface area (Å²) in [5, 5.41) is 3.07. The second-order valence-corrected chi connectivity index (χ2v) is 5.65. The molecule has 6 nitrogen and oxygen atoms in total. The number of anilines is 1. The van der Waals surface area contributed by atoms with Crippen molar-refractivity contribution in [3.05, 3.63) is 11.1 Å². The van der Waals surface area contributed by atoms with Gasteiger partial charge in [0.15, 0.2) is 5.13 Å². The van der Waals surface area contributed by atoms with E-state index in [2.05, 4.69) is 10.3 Å². The number of aromatic nitrogens is 1. The maximum atomic E-state index is 12.5. The number of alkyl halides is 2. The first-order chi connectivity index (χ1) is 10.1.